The average Bonchev–Trinajstić information content (AvgIpc) is 2.38. The molecule has 0 radical (unpaired) electrons. The Kier molecular flexibility index (Phi) is 4.39. The van der Waals surface area contributed by atoms with Gasteiger partial charge in [0.2, 0.25) is 5.91 Å². The maximum absolute atomic E-state index is 11.9. The number of esters is 1. The van der Waals surface area contributed by atoms with Crippen LogP contribution in [0.1, 0.15) is 43.0 Å². The highest BCUT2D eigenvalue weighted by Crippen LogP contribution is 2.32. The van der Waals surface area contributed by atoms with Gasteiger partial charge in [-0.2, -0.15) is 0 Å². The molecular formula is C15H20N2O3. The molecule has 1 saturated carbocycles. The summed E-state index contributed by atoms with van der Waals surface area (Å²) in [6, 6.07) is 6.65. The summed E-state index contributed by atoms with van der Waals surface area (Å²) in [7, 11) is 0. The Hall–Kier alpha value is -1.88. The third-order valence-corrected chi connectivity index (χ3v) is 3.54. The van der Waals surface area contributed by atoms with Gasteiger partial charge in [0.1, 0.15) is 0 Å². The second-order valence-electron chi connectivity index (χ2n) is 5.24. The van der Waals surface area contributed by atoms with E-state index in [4.69, 9.17) is 10.5 Å². The smallest absolute Gasteiger partial charge is 0.338 e. The predicted octanol–water partition coefficient (Wildman–Crippen LogP) is 2.07. The number of carbonyl (C=O) groups excluding carboxylic acids is 2. The maximum atomic E-state index is 11.9. The minimum atomic E-state index is -0.360. The van der Waals surface area contributed by atoms with Crippen molar-refractivity contribution in [1.82, 2.24) is 0 Å². The maximum Gasteiger partial charge on any atom is 0.338 e. The molecule has 1 aliphatic carbocycles. The molecule has 2 rings (SSSR count). The van der Waals surface area contributed by atoms with Gasteiger partial charge < -0.3 is 15.8 Å². The second-order valence-corrected chi connectivity index (χ2v) is 5.24. The number of hydrogen-bond acceptors (Lipinski definition) is 4. The first-order valence-corrected chi connectivity index (χ1v) is 6.88. The van der Waals surface area contributed by atoms with Crippen LogP contribution in [0, 0.1) is 0 Å². The minimum absolute atomic E-state index is 0.0870. The summed E-state index contributed by atoms with van der Waals surface area (Å²) in [5.41, 5.74) is 6.84. The standard InChI is InChI=1S/C15H20N2O3/c1-2-20-14(19)11-4-6-12(7-5-11)17-13(18)10-15(16)8-3-9-15/h4-7H,2-3,8-10,16H2,1H3,(H,17,18). The van der Waals surface area contributed by atoms with Crippen molar-refractivity contribution in [3.05, 3.63) is 29.8 Å². The van der Waals surface area contributed by atoms with Gasteiger partial charge in [0.05, 0.1) is 12.2 Å². The van der Waals surface area contributed by atoms with Gasteiger partial charge >= 0.3 is 5.97 Å². The lowest BCUT2D eigenvalue weighted by molar-refractivity contribution is -0.118. The third-order valence-electron chi connectivity index (χ3n) is 3.54. The van der Waals surface area contributed by atoms with E-state index in [1.165, 1.54) is 0 Å². The van der Waals surface area contributed by atoms with Gasteiger partial charge in [-0.15, -0.1) is 0 Å². The van der Waals surface area contributed by atoms with E-state index in [9.17, 15) is 9.59 Å². The van der Waals surface area contributed by atoms with Gasteiger partial charge in [-0.05, 0) is 50.5 Å². The first kappa shape index (κ1) is 14.5. The molecule has 0 bridgehead atoms. The molecule has 3 N–H and O–H groups in total. The molecule has 0 heterocycles. The monoisotopic (exact) mass is 276 g/mol. The highest BCUT2D eigenvalue weighted by Gasteiger charge is 2.34. The molecular weight excluding hydrogens is 256 g/mol. The summed E-state index contributed by atoms with van der Waals surface area (Å²) in [6.45, 7) is 2.10. The van der Waals surface area contributed by atoms with Crippen molar-refractivity contribution in [3.8, 4) is 0 Å². The van der Waals surface area contributed by atoms with Crippen LogP contribution >= 0.6 is 0 Å². The highest BCUT2D eigenvalue weighted by molar-refractivity contribution is 5.93. The molecule has 0 saturated heterocycles. The van der Waals surface area contributed by atoms with Crippen molar-refractivity contribution < 1.29 is 14.3 Å². The number of carbonyl (C=O) groups is 2. The molecule has 5 nitrogen and oxygen atoms in total. The van der Waals surface area contributed by atoms with Crippen molar-refractivity contribution in [2.24, 2.45) is 5.73 Å². The molecule has 0 aliphatic heterocycles. The molecule has 1 amide bonds. The van der Waals surface area contributed by atoms with E-state index in [-0.39, 0.29) is 17.4 Å². The molecule has 5 heteroatoms. The van der Waals surface area contributed by atoms with Crippen LogP contribution in [0.4, 0.5) is 5.69 Å². The summed E-state index contributed by atoms with van der Waals surface area (Å²) < 4.78 is 4.89. The predicted molar refractivity (Wildman–Crippen MR) is 76.4 cm³/mol. The Morgan fingerprint density at radius 1 is 1.30 bits per heavy atom. The van der Waals surface area contributed by atoms with Crippen LogP contribution in [0.5, 0.6) is 0 Å². The number of anilines is 1. The zero-order chi connectivity index (χ0) is 14.6. The zero-order valence-corrected chi connectivity index (χ0v) is 11.6. The number of hydrogen-bond donors (Lipinski definition) is 2. The van der Waals surface area contributed by atoms with E-state index in [1.54, 1.807) is 31.2 Å². The molecule has 20 heavy (non-hydrogen) atoms. The van der Waals surface area contributed by atoms with Crippen LogP contribution in [-0.2, 0) is 9.53 Å². The van der Waals surface area contributed by atoms with Crippen molar-refractivity contribution >= 4 is 17.6 Å². The SMILES string of the molecule is CCOC(=O)c1ccc(NC(=O)CC2(N)CCC2)cc1. The van der Waals surface area contributed by atoms with Gasteiger partial charge in [-0.25, -0.2) is 4.79 Å². The van der Waals surface area contributed by atoms with Crippen molar-refractivity contribution in [2.75, 3.05) is 11.9 Å². The van der Waals surface area contributed by atoms with Crippen molar-refractivity contribution in [1.29, 1.82) is 0 Å². The summed E-state index contributed by atoms with van der Waals surface area (Å²) in [5.74, 6) is -0.447. The fraction of sp³-hybridized carbons (Fsp3) is 0.467. The third kappa shape index (κ3) is 3.57. The molecule has 0 unspecified atom stereocenters. The highest BCUT2D eigenvalue weighted by atomic mass is 16.5. The van der Waals surface area contributed by atoms with Gasteiger partial charge in [0, 0.05) is 17.6 Å². The quantitative estimate of drug-likeness (QED) is 0.807. The van der Waals surface area contributed by atoms with Crippen LogP contribution < -0.4 is 11.1 Å². The Bertz CT molecular complexity index is 492. The summed E-state index contributed by atoms with van der Waals surface area (Å²) in [4.78, 5) is 23.3. The molecule has 1 aromatic rings. The summed E-state index contributed by atoms with van der Waals surface area (Å²) in [5, 5.41) is 2.79. The Balaban J connectivity index is 1.90. The zero-order valence-electron chi connectivity index (χ0n) is 11.6. The lowest BCUT2D eigenvalue weighted by Crippen LogP contribution is -2.48. The molecule has 0 spiro atoms. The fourth-order valence-corrected chi connectivity index (χ4v) is 2.24. The van der Waals surface area contributed by atoms with E-state index >= 15 is 0 Å². The van der Waals surface area contributed by atoms with Crippen LogP contribution in [0.3, 0.4) is 0 Å². The Labute approximate surface area is 118 Å². The Morgan fingerprint density at radius 3 is 2.45 bits per heavy atom. The van der Waals surface area contributed by atoms with Crippen LogP contribution in [0.2, 0.25) is 0 Å². The van der Waals surface area contributed by atoms with Crippen LogP contribution in [0.15, 0.2) is 24.3 Å². The van der Waals surface area contributed by atoms with E-state index < -0.39 is 0 Å². The average molecular weight is 276 g/mol. The minimum Gasteiger partial charge on any atom is -0.462 e. The van der Waals surface area contributed by atoms with Crippen molar-refractivity contribution in [3.63, 3.8) is 0 Å². The van der Waals surface area contributed by atoms with Crippen molar-refractivity contribution in [2.45, 2.75) is 38.1 Å². The number of amides is 1. The normalized spacial score (nSPS) is 16.1. The molecule has 1 aromatic carbocycles. The molecule has 1 fully saturated rings. The number of benzene rings is 1. The van der Waals surface area contributed by atoms with Crippen LogP contribution in [0.25, 0.3) is 0 Å². The number of nitrogens with two attached hydrogens (primary N) is 1. The van der Waals surface area contributed by atoms with Gasteiger partial charge in [0.25, 0.3) is 0 Å². The molecule has 1 aliphatic rings. The second kappa shape index (κ2) is 6.05. The van der Waals surface area contributed by atoms with E-state index in [1.807, 2.05) is 0 Å². The summed E-state index contributed by atoms with van der Waals surface area (Å²) in [6.07, 6.45) is 3.25. The van der Waals surface area contributed by atoms with Gasteiger partial charge in [-0.1, -0.05) is 0 Å². The lowest BCUT2D eigenvalue weighted by atomic mass is 9.75. The van der Waals surface area contributed by atoms with E-state index in [0.29, 0.717) is 24.3 Å². The van der Waals surface area contributed by atoms with E-state index in [0.717, 1.165) is 19.3 Å². The molecule has 0 aromatic heterocycles. The number of ether oxygens (including phenoxy) is 1. The molecule has 0 atom stereocenters. The Morgan fingerprint density at radius 2 is 1.95 bits per heavy atom. The first-order chi connectivity index (χ1) is 9.52. The first-order valence-electron chi connectivity index (χ1n) is 6.88. The fourth-order valence-electron chi connectivity index (χ4n) is 2.24. The van der Waals surface area contributed by atoms with Gasteiger partial charge in [0.15, 0.2) is 0 Å². The molecule has 108 valence electrons. The van der Waals surface area contributed by atoms with E-state index in [2.05, 4.69) is 5.32 Å². The van der Waals surface area contributed by atoms with Crippen LogP contribution in [-0.4, -0.2) is 24.0 Å². The van der Waals surface area contributed by atoms with Gasteiger partial charge in [-0.3, -0.25) is 4.79 Å². The largest absolute Gasteiger partial charge is 0.462 e. The summed E-state index contributed by atoms with van der Waals surface area (Å²) >= 11 is 0. The topological polar surface area (TPSA) is 81.4 Å². The number of rotatable bonds is 5. The lowest BCUT2D eigenvalue weighted by Gasteiger charge is -2.37. The number of nitrogens with one attached hydrogen (secondary N) is 1.